The van der Waals surface area contributed by atoms with Crippen molar-refractivity contribution >= 4 is 23.3 Å². The van der Waals surface area contributed by atoms with Gasteiger partial charge in [-0.1, -0.05) is 11.6 Å². The van der Waals surface area contributed by atoms with Crippen molar-refractivity contribution < 1.29 is 14.6 Å². The molecule has 0 spiro atoms. The van der Waals surface area contributed by atoms with Gasteiger partial charge in [0.2, 0.25) is 0 Å². The van der Waals surface area contributed by atoms with Gasteiger partial charge in [-0.05, 0) is 32.0 Å². The Kier molecular flexibility index (Phi) is 4.37. The molecule has 1 aromatic carbocycles. The quantitative estimate of drug-likeness (QED) is 0.852. The van der Waals surface area contributed by atoms with Crippen molar-refractivity contribution in [3.63, 3.8) is 0 Å². The summed E-state index contributed by atoms with van der Waals surface area (Å²) in [7, 11) is 1.61. The second-order valence-corrected chi connectivity index (χ2v) is 4.75. The molecule has 0 heterocycles. The summed E-state index contributed by atoms with van der Waals surface area (Å²) >= 11 is 5.84. The Labute approximate surface area is 106 Å². The highest BCUT2D eigenvalue weighted by Crippen LogP contribution is 2.22. The van der Waals surface area contributed by atoms with E-state index in [2.05, 4.69) is 5.32 Å². The van der Waals surface area contributed by atoms with E-state index in [-0.39, 0.29) is 11.2 Å². The molecule has 17 heavy (non-hydrogen) atoms. The number of carbonyl (C=O) groups is 1. The van der Waals surface area contributed by atoms with Crippen LogP contribution in [0.4, 0.5) is 5.69 Å². The number of rotatable bonds is 5. The third-order valence-electron chi connectivity index (χ3n) is 2.47. The predicted octanol–water partition coefficient (Wildman–Crippen LogP) is 2.88. The summed E-state index contributed by atoms with van der Waals surface area (Å²) in [6.45, 7) is 4.31. The van der Waals surface area contributed by atoms with Gasteiger partial charge in [-0.15, -0.1) is 0 Å². The number of hydrogen-bond acceptors (Lipinski definition) is 3. The van der Waals surface area contributed by atoms with Crippen LogP contribution in [-0.2, 0) is 4.74 Å². The highest BCUT2D eigenvalue weighted by atomic mass is 35.5. The molecule has 0 bridgehead atoms. The van der Waals surface area contributed by atoms with Gasteiger partial charge in [0.05, 0.1) is 16.9 Å². The fraction of sp³-hybridized carbons (Fsp3) is 0.417. The van der Waals surface area contributed by atoms with Gasteiger partial charge in [-0.25, -0.2) is 4.79 Å². The second-order valence-electron chi connectivity index (χ2n) is 4.31. The molecule has 0 aromatic heterocycles. The summed E-state index contributed by atoms with van der Waals surface area (Å²) in [6.07, 6.45) is 0. The minimum atomic E-state index is -0.987. The van der Waals surface area contributed by atoms with E-state index in [1.807, 2.05) is 13.8 Å². The van der Waals surface area contributed by atoms with E-state index in [1.165, 1.54) is 6.07 Å². The number of ether oxygens (including phenoxy) is 1. The van der Waals surface area contributed by atoms with E-state index in [9.17, 15) is 4.79 Å². The number of aromatic carboxylic acids is 1. The molecular weight excluding hydrogens is 242 g/mol. The highest BCUT2D eigenvalue weighted by Gasteiger charge is 2.18. The summed E-state index contributed by atoms with van der Waals surface area (Å²) in [5.41, 5.74) is 0.314. The number of benzene rings is 1. The Bertz CT molecular complexity index is 418. The molecule has 1 aromatic rings. The number of carboxylic acid groups (broad SMARTS) is 1. The molecule has 0 atom stereocenters. The molecule has 0 amide bonds. The van der Waals surface area contributed by atoms with Crippen LogP contribution in [0.15, 0.2) is 18.2 Å². The van der Waals surface area contributed by atoms with Gasteiger partial charge in [0.25, 0.3) is 0 Å². The number of hydrogen-bond donors (Lipinski definition) is 2. The van der Waals surface area contributed by atoms with Gasteiger partial charge in [0.1, 0.15) is 0 Å². The second kappa shape index (κ2) is 5.38. The van der Waals surface area contributed by atoms with E-state index in [1.54, 1.807) is 19.2 Å². The van der Waals surface area contributed by atoms with Crippen LogP contribution in [0.25, 0.3) is 0 Å². The Morgan fingerprint density at radius 3 is 2.71 bits per heavy atom. The summed E-state index contributed by atoms with van der Waals surface area (Å²) in [5, 5.41) is 12.6. The first-order chi connectivity index (χ1) is 7.85. The van der Waals surface area contributed by atoms with Crippen LogP contribution in [0.2, 0.25) is 5.02 Å². The minimum Gasteiger partial charge on any atom is -0.478 e. The molecule has 1 rings (SSSR count). The lowest BCUT2D eigenvalue weighted by molar-refractivity contribution is 0.0343. The van der Waals surface area contributed by atoms with Gasteiger partial charge in [0, 0.05) is 18.7 Å². The van der Waals surface area contributed by atoms with Gasteiger partial charge in [-0.2, -0.15) is 0 Å². The smallest absolute Gasteiger partial charge is 0.337 e. The van der Waals surface area contributed by atoms with E-state index in [0.717, 1.165) is 0 Å². The van der Waals surface area contributed by atoms with Gasteiger partial charge in [-0.3, -0.25) is 0 Å². The maximum Gasteiger partial charge on any atom is 0.337 e. The molecule has 0 aliphatic rings. The molecular formula is C12H16ClNO3. The SMILES string of the molecule is COC(C)(C)CNc1cc(Cl)ccc1C(=O)O. The van der Waals surface area contributed by atoms with Crippen LogP contribution in [0.1, 0.15) is 24.2 Å². The van der Waals surface area contributed by atoms with E-state index >= 15 is 0 Å². The zero-order valence-corrected chi connectivity index (χ0v) is 10.8. The fourth-order valence-corrected chi connectivity index (χ4v) is 1.40. The standard InChI is InChI=1S/C12H16ClNO3/c1-12(2,17-3)7-14-10-6-8(13)4-5-9(10)11(15)16/h4-6,14H,7H2,1-3H3,(H,15,16). The fourth-order valence-electron chi connectivity index (χ4n) is 1.23. The van der Waals surface area contributed by atoms with Crippen LogP contribution in [0.5, 0.6) is 0 Å². The molecule has 0 unspecified atom stereocenters. The van der Waals surface area contributed by atoms with Gasteiger partial charge >= 0.3 is 5.97 Å². The maximum atomic E-state index is 11.0. The van der Waals surface area contributed by atoms with Gasteiger partial charge in [0.15, 0.2) is 0 Å². The van der Waals surface area contributed by atoms with Crippen molar-refractivity contribution in [1.29, 1.82) is 0 Å². The van der Waals surface area contributed by atoms with Crippen LogP contribution in [0.3, 0.4) is 0 Å². The third kappa shape index (κ3) is 3.91. The molecule has 5 heteroatoms. The number of methoxy groups -OCH3 is 1. The number of anilines is 1. The molecule has 0 saturated heterocycles. The zero-order chi connectivity index (χ0) is 13.1. The van der Waals surface area contributed by atoms with Crippen molar-refractivity contribution in [2.75, 3.05) is 19.0 Å². The minimum absolute atomic E-state index is 0.196. The Balaban J connectivity index is 2.89. The average Bonchev–Trinajstić information content (AvgIpc) is 2.26. The molecule has 94 valence electrons. The molecule has 0 radical (unpaired) electrons. The van der Waals surface area contributed by atoms with Crippen molar-refractivity contribution in [3.05, 3.63) is 28.8 Å². The molecule has 4 nitrogen and oxygen atoms in total. The van der Waals surface area contributed by atoms with Crippen LogP contribution in [-0.4, -0.2) is 30.3 Å². The summed E-state index contributed by atoms with van der Waals surface area (Å²) in [5.74, 6) is -0.987. The van der Waals surface area contributed by atoms with Crippen molar-refractivity contribution in [2.45, 2.75) is 19.4 Å². The number of carboxylic acids is 1. The summed E-state index contributed by atoms with van der Waals surface area (Å²) in [6, 6.07) is 4.63. The lowest BCUT2D eigenvalue weighted by Crippen LogP contribution is -2.32. The lowest BCUT2D eigenvalue weighted by atomic mass is 10.1. The van der Waals surface area contributed by atoms with Crippen molar-refractivity contribution in [1.82, 2.24) is 0 Å². The monoisotopic (exact) mass is 257 g/mol. The molecule has 2 N–H and O–H groups in total. The van der Waals surface area contributed by atoms with Crippen LogP contribution < -0.4 is 5.32 Å². The Morgan fingerprint density at radius 1 is 1.53 bits per heavy atom. The van der Waals surface area contributed by atoms with Crippen molar-refractivity contribution in [3.8, 4) is 0 Å². The van der Waals surface area contributed by atoms with E-state index < -0.39 is 5.97 Å². The Morgan fingerprint density at radius 2 is 2.18 bits per heavy atom. The number of halogens is 1. The van der Waals surface area contributed by atoms with Crippen LogP contribution >= 0.6 is 11.6 Å². The molecule has 0 aliphatic heterocycles. The molecule has 0 saturated carbocycles. The maximum absolute atomic E-state index is 11.0. The zero-order valence-electron chi connectivity index (χ0n) is 10.1. The highest BCUT2D eigenvalue weighted by molar-refractivity contribution is 6.31. The lowest BCUT2D eigenvalue weighted by Gasteiger charge is -2.24. The normalized spacial score (nSPS) is 11.3. The van der Waals surface area contributed by atoms with Crippen molar-refractivity contribution in [2.24, 2.45) is 0 Å². The predicted molar refractivity (Wildman–Crippen MR) is 68.0 cm³/mol. The first kappa shape index (κ1) is 13.8. The largest absolute Gasteiger partial charge is 0.478 e. The molecule has 0 aliphatic carbocycles. The summed E-state index contributed by atoms with van der Waals surface area (Å²) in [4.78, 5) is 11.0. The average molecular weight is 258 g/mol. The molecule has 0 fully saturated rings. The summed E-state index contributed by atoms with van der Waals surface area (Å²) < 4.78 is 5.25. The van der Waals surface area contributed by atoms with E-state index in [4.69, 9.17) is 21.4 Å². The Hall–Kier alpha value is -1.26. The third-order valence-corrected chi connectivity index (χ3v) is 2.70. The van der Waals surface area contributed by atoms with E-state index in [0.29, 0.717) is 17.3 Å². The first-order valence-corrected chi connectivity index (χ1v) is 5.55. The topological polar surface area (TPSA) is 58.6 Å². The van der Waals surface area contributed by atoms with Crippen LogP contribution in [0, 0.1) is 0 Å². The van der Waals surface area contributed by atoms with Gasteiger partial charge < -0.3 is 15.2 Å². The number of nitrogens with one attached hydrogen (secondary N) is 1. The first-order valence-electron chi connectivity index (χ1n) is 5.17.